The minimum absolute atomic E-state index is 0.180. The molecule has 5 aromatic rings. The molecular formula is C31H35N7O5S. The third-order valence-electron chi connectivity index (χ3n) is 6.81. The summed E-state index contributed by atoms with van der Waals surface area (Å²) < 4.78 is 42.5. The lowest BCUT2D eigenvalue weighted by atomic mass is 10.2. The highest BCUT2D eigenvalue weighted by Gasteiger charge is 2.23. The first-order valence-corrected chi connectivity index (χ1v) is 16.0. The van der Waals surface area contributed by atoms with E-state index < -0.39 is 16.0 Å². The third kappa shape index (κ3) is 6.79. The number of fused-ring (bicyclic) bond motifs is 1. The Hall–Kier alpha value is -4.62. The van der Waals surface area contributed by atoms with E-state index in [9.17, 15) is 13.2 Å². The molecule has 0 bridgehead atoms. The highest BCUT2D eigenvalue weighted by molar-refractivity contribution is 7.89. The molecule has 0 saturated carbocycles. The first kappa shape index (κ1) is 30.8. The zero-order chi connectivity index (χ0) is 31.1. The van der Waals surface area contributed by atoms with Crippen LogP contribution in [0.2, 0.25) is 0 Å². The van der Waals surface area contributed by atoms with Gasteiger partial charge in [0.05, 0.1) is 29.6 Å². The van der Waals surface area contributed by atoms with Gasteiger partial charge in [-0.3, -0.25) is 0 Å². The van der Waals surface area contributed by atoms with E-state index in [0.717, 1.165) is 24.0 Å². The van der Waals surface area contributed by atoms with Crippen LogP contribution in [0.15, 0.2) is 78.2 Å². The van der Waals surface area contributed by atoms with Crippen molar-refractivity contribution in [1.29, 1.82) is 0 Å². The molecule has 0 amide bonds. The maximum absolute atomic E-state index is 13.2. The number of benzene rings is 2. The normalized spacial score (nSPS) is 11.7. The third-order valence-corrected chi connectivity index (χ3v) is 8.72. The minimum atomic E-state index is -3.58. The van der Waals surface area contributed by atoms with Crippen molar-refractivity contribution in [2.24, 2.45) is 0 Å². The van der Waals surface area contributed by atoms with Crippen LogP contribution in [0.3, 0.4) is 0 Å². The quantitative estimate of drug-likeness (QED) is 0.164. The fraction of sp³-hybridized carbons (Fsp3) is 0.323. The summed E-state index contributed by atoms with van der Waals surface area (Å²) in [7, 11) is -3.58. The summed E-state index contributed by atoms with van der Waals surface area (Å²) in [6, 6.07) is 16.6. The number of carbonyl (C=O) groups excluding carboxylic acids is 1. The molecule has 230 valence electrons. The summed E-state index contributed by atoms with van der Waals surface area (Å²) in [5.74, 6) is -0.0277. The smallest absolute Gasteiger partial charge is 0.341 e. The number of aromatic nitrogens is 6. The summed E-state index contributed by atoms with van der Waals surface area (Å²) >= 11 is 0. The van der Waals surface area contributed by atoms with Crippen LogP contribution in [0.1, 0.15) is 55.1 Å². The van der Waals surface area contributed by atoms with Gasteiger partial charge in [0.1, 0.15) is 6.61 Å². The first-order valence-electron chi connectivity index (χ1n) is 14.5. The summed E-state index contributed by atoms with van der Waals surface area (Å²) in [4.78, 5) is 26.2. The van der Waals surface area contributed by atoms with Crippen molar-refractivity contribution in [1.82, 2.24) is 33.6 Å². The van der Waals surface area contributed by atoms with Crippen LogP contribution in [0.5, 0.6) is 5.88 Å². The van der Waals surface area contributed by atoms with Crippen LogP contribution in [-0.4, -0.2) is 67.7 Å². The van der Waals surface area contributed by atoms with Gasteiger partial charge in [0.25, 0.3) is 5.95 Å². The molecule has 0 radical (unpaired) electrons. The Morgan fingerprint density at radius 1 is 0.932 bits per heavy atom. The van der Waals surface area contributed by atoms with Gasteiger partial charge in [-0.25, -0.2) is 22.9 Å². The second-order valence-electron chi connectivity index (χ2n) is 10.1. The maximum Gasteiger partial charge on any atom is 0.341 e. The van der Waals surface area contributed by atoms with Crippen LogP contribution in [0.4, 0.5) is 0 Å². The van der Waals surface area contributed by atoms with Crippen molar-refractivity contribution in [3.8, 4) is 11.8 Å². The predicted octanol–water partition coefficient (Wildman–Crippen LogP) is 4.63. The Labute approximate surface area is 256 Å². The van der Waals surface area contributed by atoms with Gasteiger partial charge >= 0.3 is 5.97 Å². The van der Waals surface area contributed by atoms with Crippen molar-refractivity contribution in [2.75, 3.05) is 19.7 Å². The molecule has 12 nitrogen and oxygen atoms in total. The number of ether oxygens (including phenoxy) is 2. The largest absolute Gasteiger partial charge is 0.471 e. The number of imidazole rings is 1. The Morgan fingerprint density at radius 3 is 2.34 bits per heavy atom. The molecule has 0 saturated heterocycles. The van der Waals surface area contributed by atoms with Gasteiger partial charge in [0, 0.05) is 25.8 Å². The van der Waals surface area contributed by atoms with Crippen molar-refractivity contribution < 1.29 is 22.7 Å². The number of esters is 1. The monoisotopic (exact) mass is 617 g/mol. The van der Waals surface area contributed by atoms with E-state index in [-0.39, 0.29) is 35.5 Å². The Kier molecular flexibility index (Phi) is 9.65. The molecular weight excluding hydrogens is 582 g/mol. The fourth-order valence-corrected chi connectivity index (χ4v) is 6.32. The van der Waals surface area contributed by atoms with E-state index >= 15 is 0 Å². The molecule has 3 heterocycles. The van der Waals surface area contributed by atoms with Crippen LogP contribution < -0.4 is 4.74 Å². The summed E-state index contributed by atoms with van der Waals surface area (Å²) in [6.07, 6.45) is 6.02. The zero-order valence-corrected chi connectivity index (χ0v) is 25.8. The lowest BCUT2D eigenvalue weighted by Crippen LogP contribution is -2.32. The minimum Gasteiger partial charge on any atom is -0.471 e. The molecule has 5 rings (SSSR count). The van der Waals surface area contributed by atoms with E-state index in [1.54, 1.807) is 37.5 Å². The second-order valence-corrected chi connectivity index (χ2v) is 12.0. The maximum atomic E-state index is 13.2. The molecule has 3 aromatic heterocycles. The average Bonchev–Trinajstić information content (AvgIpc) is 3.69. The van der Waals surface area contributed by atoms with E-state index in [1.807, 2.05) is 48.7 Å². The molecule has 0 unspecified atom stereocenters. The molecule has 0 spiro atoms. The van der Waals surface area contributed by atoms with Crippen LogP contribution in [0.25, 0.3) is 17.1 Å². The number of hydrogen-bond donors (Lipinski definition) is 0. The molecule has 0 aliphatic rings. The topological polar surface area (TPSA) is 134 Å². The van der Waals surface area contributed by atoms with Gasteiger partial charge in [-0.15, -0.1) is 0 Å². The van der Waals surface area contributed by atoms with Crippen molar-refractivity contribution in [3.63, 3.8) is 0 Å². The number of nitrogens with zero attached hydrogens (tertiary/aromatic N) is 7. The molecule has 2 aromatic carbocycles. The molecule has 0 atom stereocenters. The molecule has 44 heavy (non-hydrogen) atoms. The van der Waals surface area contributed by atoms with E-state index in [4.69, 9.17) is 9.47 Å². The van der Waals surface area contributed by atoms with Gasteiger partial charge in [-0.05, 0) is 43.0 Å². The molecule has 0 aliphatic heterocycles. The van der Waals surface area contributed by atoms with Crippen LogP contribution in [0, 0.1) is 0 Å². The average molecular weight is 618 g/mol. The Morgan fingerprint density at radius 2 is 1.66 bits per heavy atom. The number of rotatable bonds is 14. The number of carbonyl (C=O) groups is 1. The van der Waals surface area contributed by atoms with Crippen molar-refractivity contribution in [2.45, 2.75) is 51.7 Å². The SMILES string of the molecule is CCCN(CCC)S(=O)(=O)c1ccc(Cn2cnc3nc(-n4cc(C(=O)OCC)cn4)nc(OCc4ccccc4)c32)cc1. The first-order chi connectivity index (χ1) is 21.3. The molecule has 0 aliphatic carbocycles. The Balaban J connectivity index is 1.46. The fourth-order valence-electron chi connectivity index (χ4n) is 4.70. The standard InChI is InChI=1S/C31H35N7O5S/c1-4-16-37(17-5-2)44(40,41)26-14-12-23(13-15-26)19-36-22-32-28-27(36)29(43-21-24-10-8-7-9-11-24)35-31(34-28)38-20-25(18-33-38)30(39)42-6-3/h7-15,18,20,22H,4-6,16-17,19,21H2,1-3H3. The predicted molar refractivity (Wildman–Crippen MR) is 164 cm³/mol. The lowest BCUT2D eigenvalue weighted by molar-refractivity contribution is 0.0526. The van der Waals surface area contributed by atoms with Crippen LogP contribution in [-0.2, 0) is 27.9 Å². The highest BCUT2D eigenvalue weighted by atomic mass is 32.2. The van der Waals surface area contributed by atoms with Crippen molar-refractivity contribution in [3.05, 3.63) is 90.0 Å². The van der Waals surface area contributed by atoms with E-state index in [1.165, 1.54) is 21.4 Å². The zero-order valence-electron chi connectivity index (χ0n) is 25.0. The summed E-state index contributed by atoms with van der Waals surface area (Å²) in [5.41, 5.74) is 3.03. The van der Waals surface area contributed by atoms with Crippen LogP contribution >= 0.6 is 0 Å². The highest BCUT2D eigenvalue weighted by Crippen LogP contribution is 2.26. The molecule has 0 fully saturated rings. The van der Waals surface area contributed by atoms with Gasteiger partial charge in [0.2, 0.25) is 15.9 Å². The van der Waals surface area contributed by atoms with Gasteiger partial charge < -0.3 is 14.0 Å². The summed E-state index contributed by atoms with van der Waals surface area (Å²) in [5, 5.41) is 4.24. The lowest BCUT2D eigenvalue weighted by Gasteiger charge is -2.21. The summed E-state index contributed by atoms with van der Waals surface area (Å²) in [6.45, 7) is 7.51. The second kappa shape index (κ2) is 13.8. The van der Waals surface area contributed by atoms with Gasteiger partial charge in [-0.1, -0.05) is 56.3 Å². The van der Waals surface area contributed by atoms with Gasteiger partial charge in [0.15, 0.2) is 11.2 Å². The molecule has 0 N–H and O–H groups in total. The van der Waals surface area contributed by atoms with E-state index in [2.05, 4.69) is 20.1 Å². The van der Waals surface area contributed by atoms with Crippen molar-refractivity contribution >= 4 is 27.2 Å². The molecule has 13 heteroatoms. The number of sulfonamides is 1. The Bertz CT molecular complexity index is 1810. The van der Waals surface area contributed by atoms with E-state index in [0.29, 0.717) is 30.8 Å². The van der Waals surface area contributed by atoms with Gasteiger partial charge in [-0.2, -0.15) is 19.4 Å². The number of hydrogen-bond acceptors (Lipinski definition) is 9.